The Morgan fingerprint density at radius 3 is 2.38 bits per heavy atom. The van der Waals surface area contributed by atoms with Gasteiger partial charge in [0, 0.05) is 0 Å². The van der Waals surface area contributed by atoms with Gasteiger partial charge < -0.3 is 5.11 Å². The molecule has 0 saturated carbocycles. The second-order valence-electron chi connectivity index (χ2n) is 2.85. The number of benzene rings is 1. The maximum Gasteiger partial charge on any atom is 0.332 e. The van der Waals surface area contributed by atoms with Gasteiger partial charge >= 0.3 is 5.97 Å². The Balaban J connectivity index is 2.62. The highest BCUT2D eigenvalue weighted by Gasteiger charge is 2.06. The summed E-state index contributed by atoms with van der Waals surface area (Å²) in [5.41, 5.74) is 2.76. The Morgan fingerprint density at radius 2 is 1.94 bits per heavy atom. The molecule has 0 radical (unpaired) electrons. The van der Waals surface area contributed by atoms with E-state index in [-0.39, 0.29) is 4.90 Å². The summed E-state index contributed by atoms with van der Waals surface area (Å²) < 4.78 is 21.8. The van der Waals surface area contributed by atoms with Crippen LogP contribution >= 0.6 is 0 Å². The number of hydrogen-bond acceptors (Lipinski definition) is 5. The number of sulfonamides is 1. The SMILES string of the molecule is NS(=O)(=O)c1ccc(NOCC(=O)O)cc1. The Hall–Kier alpha value is -1.64. The van der Waals surface area contributed by atoms with Gasteiger partial charge in [-0.15, -0.1) is 0 Å². The number of nitrogens with one attached hydrogen (secondary N) is 1. The Bertz CT molecular complexity index is 468. The van der Waals surface area contributed by atoms with E-state index in [0.29, 0.717) is 5.69 Å². The molecular formula is C8H10N2O5S. The molecule has 0 fully saturated rings. The number of primary sulfonamides is 1. The van der Waals surface area contributed by atoms with E-state index in [1.54, 1.807) is 0 Å². The van der Waals surface area contributed by atoms with E-state index in [4.69, 9.17) is 10.2 Å². The molecule has 0 saturated heterocycles. The van der Waals surface area contributed by atoms with Crippen molar-refractivity contribution in [1.29, 1.82) is 0 Å². The summed E-state index contributed by atoms with van der Waals surface area (Å²) >= 11 is 0. The summed E-state index contributed by atoms with van der Waals surface area (Å²) in [6.07, 6.45) is 0. The third kappa shape index (κ3) is 3.85. The van der Waals surface area contributed by atoms with Gasteiger partial charge in [-0.3, -0.25) is 10.3 Å². The number of hydrogen-bond donors (Lipinski definition) is 3. The van der Waals surface area contributed by atoms with Gasteiger partial charge in [-0.25, -0.2) is 18.4 Å². The molecule has 0 aromatic heterocycles. The molecule has 0 aliphatic heterocycles. The maximum absolute atomic E-state index is 10.9. The third-order valence-corrected chi connectivity index (χ3v) is 2.50. The second kappa shape index (κ2) is 4.92. The van der Waals surface area contributed by atoms with Crippen LogP contribution in [0.4, 0.5) is 5.69 Å². The first kappa shape index (κ1) is 12.4. The van der Waals surface area contributed by atoms with Crippen molar-refractivity contribution < 1.29 is 23.2 Å². The van der Waals surface area contributed by atoms with Crippen molar-refractivity contribution in [2.75, 3.05) is 12.1 Å². The fourth-order valence-corrected chi connectivity index (χ4v) is 1.41. The lowest BCUT2D eigenvalue weighted by Gasteiger charge is -2.05. The molecule has 8 heteroatoms. The molecular weight excluding hydrogens is 236 g/mol. The quantitative estimate of drug-likeness (QED) is 0.617. The Labute approximate surface area is 91.8 Å². The molecule has 0 amide bonds. The predicted molar refractivity (Wildman–Crippen MR) is 55.0 cm³/mol. The van der Waals surface area contributed by atoms with E-state index in [1.165, 1.54) is 24.3 Å². The van der Waals surface area contributed by atoms with Crippen molar-refractivity contribution >= 4 is 21.7 Å². The number of rotatable bonds is 5. The molecule has 1 aromatic rings. The normalized spacial score (nSPS) is 11.1. The van der Waals surface area contributed by atoms with Crippen molar-refractivity contribution in [2.24, 2.45) is 5.14 Å². The zero-order chi connectivity index (χ0) is 12.2. The summed E-state index contributed by atoms with van der Waals surface area (Å²) in [4.78, 5) is 14.7. The van der Waals surface area contributed by atoms with Gasteiger partial charge in [0.05, 0.1) is 10.6 Å². The zero-order valence-corrected chi connectivity index (χ0v) is 8.90. The number of aliphatic carboxylic acids is 1. The molecule has 0 spiro atoms. The highest BCUT2D eigenvalue weighted by molar-refractivity contribution is 7.89. The number of carbonyl (C=O) groups is 1. The average molecular weight is 246 g/mol. The minimum absolute atomic E-state index is 0.0312. The largest absolute Gasteiger partial charge is 0.479 e. The van der Waals surface area contributed by atoms with Gasteiger partial charge in [0.1, 0.15) is 0 Å². The van der Waals surface area contributed by atoms with Gasteiger partial charge in [0.25, 0.3) is 0 Å². The van der Waals surface area contributed by atoms with Crippen LogP contribution in [0.15, 0.2) is 29.2 Å². The number of nitrogens with two attached hydrogens (primary N) is 1. The molecule has 0 unspecified atom stereocenters. The number of carboxylic acids is 1. The minimum Gasteiger partial charge on any atom is -0.479 e. The third-order valence-electron chi connectivity index (χ3n) is 1.57. The van der Waals surface area contributed by atoms with E-state index in [1.807, 2.05) is 0 Å². The summed E-state index contributed by atoms with van der Waals surface area (Å²) in [5, 5.41) is 13.2. The maximum atomic E-state index is 10.9. The minimum atomic E-state index is -3.72. The van der Waals surface area contributed by atoms with E-state index in [9.17, 15) is 13.2 Å². The molecule has 1 rings (SSSR count). The molecule has 4 N–H and O–H groups in total. The van der Waals surface area contributed by atoms with Crippen LogP contribution in [0.25, 0.3) is 0 Å². The molecule has 1 aromatic carbocycles. The summed E-state index contributed by atoms with van der Waals surface area (Å²) in [7, 11) is -3.72. The van der Waals surface area contributed by atoms with Crippen LogP contribution in [-0.4, -0.2) is 26.1 Å². The van der Waals surface area contributed by atoms with E-state index in [2.05, 4.69) is 10.3 Å². The first-order chi connectivity index (χ1) is 7.39. The highest BCUT2D eigenvalue weighted by atomic mass is 32.2. The van der Waals surface area contributed by atoms with Crippen LogP contribution in [0.1, 0.15) is 0 Å². The lowest BCUT2D eigenvalue weighted by molar-refractivity contribution is -0.141. The van der Waals surface area contributed by atoms with Gasteiger partial charge in [0.2, 0.25) is 10.0 Å². The van der Waals surface area contributed by atoms with Crippen LogP contribution in [-0.2, 0) is 19.7 Å². The van der Waals surface area contributed by atoms with E-state index < -0.39 is 22.6 Å². The molecule has 16 heavy (non-hydrogen) atoms. The Kier molecular flexibility index (Phi) is 3.82. The molecule has 88 valence electrons. The first-order valence-electron chi connectivity index (χ1n) is 4.12. The molecule has 0 aliphatic rings. The smallest absolute Gasteiger partial charge is 0.332 e. The Morgan fingerprint density at radius 1 is 1.38 bits per heavy atom. The van der Waals surface area contributed by atoms with E-state index in [0.717, 1.165) is 0 Å². The topological polar surface area (TPSA) is 119 Å². The first-order valence-corrected chi connectivity index (χ1v) is 5.66. The highest BCUT2D eigenvalue weighted by Crippen LogP contribution is 2.12. The summed E-state index contributed by atoms with van der Waals surface area (Å²) in [6, 6.07) is 5.37. The van der Waals surface area contributed by atoms with Crippen molar-refractivity contribution in [3.8, 4) is 0 Å². The van der Waals surface area contributed by atoms with Gasteiger partial charge in [-0.05, 0) is 24.3 Å². The van der Waals surface area contributed by atoms with Crippen molar-refractivity contribution in [1.82, 2.24) is 0 Å². The molecule has 0 aliphatic carbocycles. The molecule has 0 atom stereocenters. The van der Waals surface area contributed by atoms with Crippen LogP contribution in [0, 0.1) is 0 Å². The monoisotopic (exact) mass is 246 g/mol. The summed E-state index contributed by atoms with van der Waals surface area (Å²) in [5.74, 6) is -1.12. The lowest BCUT2D eigenvalue weighted by atomic mass is 10.3. The van der Waals surface area contributed by atoms with Crippen LogP contribution < -0.4 is 10.6 Å². The zero-order valence-electron chi connectivity index (χ0n) is 8.08. The summed E-state index contributed by atoms with van der Waals surface area (Å²) in [6.45, 7) is -0.503. The molecule has 0 bridgehead atoms. The second-order valence-corrected chi connectivity index (χ2v) is 4.42. The van der Waals surface area contributed by atoms with Gasteiger partial charge in [-0.2, -0.15) is 0 Å². The van der Waals surface area contributed by atoms with Crippen molar-refractivity contribution in [2.45, 2.75) is 4.90 Å². The fourth-order valence-electron chi connectivity index (χ4n) is 0.894. The average Bonchev–Trinajstić information content (AvgIpc) is 2.16. The van der Waals surface area contributed by atoms with Crippen LogP contribution in [0.3, 0.4) is 0 Å². The van der Waals surface area contributed by atoms with E-state index >= 15 is 0 Å². The van der Waals surface area contributed by atoms with Crippen LogP contribution in [0.2, 0.25) is 0 Å². The standard InChI is InChI=1S/C8H10N2O5S/c9-16(13,14)7-3-1-6(2-4-7)10-15-5-8(11)12/h1-4,10H,5H2,(H,11,12)(H2,9,13,14). The van der Waals surface area contributed by atoms with Crippen LogP contribution in [0.5, 0.6) is 0 Å². The van der Waals surface area contributed by atoms with Gasteiger partial charge in [-0.1, -0.05) is 0 Å². The number of carboxylic acid groups (broad SMARTS) is 1. The number of anilines is 1. The fraction of sp³-hybridized carbons (Fsp3) is 0.125. The molecule has 0 heterocycles. The van der Waals surface area contributed by atoms with Crippen molar-refractivity contribution in [3.63, 3.8) is 0 Å². The predicted octanol–water partition coefficient (Wildman–Crippen LogP) is -0.238. The lowest BCUT2D eigenvalue weighted by Crippen LogP contribution is -2.13. The molecule has 7 nitrogen and oxygen atoms in total. The van der Waals surface area contributed by atoms with Crippen molar-refractivity contribution in [3.05, 3.63) is 24.3 Å². The van der Waals surface area contributed by atoms with Gasteiger partial charge in [0.15, 0.2) is 6.61 Å².